The molecule has 2 nitrogen and oxygen atoms in total. The van der Waals surface area contributed by atoms with Gasteiger partial charge in [0.15, 0.2) is 0 Å². The average Bonchev–Trinajstić information content (AvgIpc) is 2.32. The Morgan fingerprint density at radius 2 is 2.12 bits per heavy atom. The van der Waals surface area contributed by atoms with Crippen molar-refractivity contribution in [2.75, 3.05) is 18.1 Å². The molecule has 1 fully saturated rings. The van der Waals surface area contributed by atoms with Crippen LogP contribution in [-0.4, -0.2) is 25.3 Å². The van der Waals surface area contributed by atoms with Gasteiger partial charge in [-0.2, -0.15) is 0 Å². The monoisotopic (exact) mass is 283 g/mol. The molecule has 0 spiro atoms. The Labute approximate surface area is 106 Å². The fourth-order valence-corrected chi connectivity index (χ4v) is 2.62. The van der Waals surface area contributed by atoms with Crippen LogP contribution in [0.5, 0.6) is 0 Å². The molecule has 2 atom stereocenters. The molecule has 0 bridgehead atoms. The lowest BCUT2D eigenvalue weighted by atomic mass is 10.1. The minimum Gasteiger partial charge on any atom is -0.375 e. The van der Waals surface area contributed by atoms with E-state index in [1.807, 2.05) is 0 Å². The fraction of sp³-hybridized carbons (Fsp3) is 0.538. The number of hydrogen-bond donors (Lipinski definition) is 0. The van der Waals surface area contributed by atoms with Crippen molar-refractivity contribution in [1.29, 1.82) is 0 Å². The number of rotatable bonds is 2. The molecule has 1 aromatic carbocycles. The first-order valence-electron chi connectivity index (χ1n) is 5.74. The highest BCUT2D eigenvalue weighted by Gasteiger charge is 2.24. The fourth-order valence-electron chi connectivity index (χ4n) is 2.14. The number of anilines is 1. The molecular weight excluding hydrogens is 266 g/mol. The Hall–Kier alpha value is -0.540. The lowest BCUT2D eigenvalue weighted by Crippen LogP contribution is -2.47. The molecule has 1 aromatic rings. The molecular formula is C13H18BrNO. The first-order valence-corrected chi connectivity index (χ1v) is 6.86. The summed E-state index contributed by atoms with van der Waals surface area (Å²) in [5.74, 6) is 0. The molecule has 1 aliphatic heterocycles. The van der Waals surface area contributed by atoms with Crippen molar-refractivity contribution in [2.45, 2.75) is 31.3 Å². The van der Waals surface area contributed by atoms with Crippen LogP contribution in [0.2, 0.25) is 0 Å². The zero-order valence-corrected chi connectivity index (χ0v) is 11.4. The Bertz CT molecular complexity index is 356. The van der Waals surface area contributed by atoms with Gasteiger partial charge in [0.05, 0.1) is 12.7 Å². The van der Waals surface area contributed by atoms with Crippen LogP contribution in [0.15, 0.2) is 24.3 Å². The first kappa shape index (κ1) is 11.9. The van der Waals surface area contributed by atoms with Gasteiger partial charge in [0, 0.05) is 23.6 Å². The number of para-hydroxylation sites is 1. The minimum absolute atomic E-state index is 0.319. The summed E-state index contributed by atoms with van der Waals surface area (Å²) in [4.78, 5) is 2.45. The van der Waals surface area contributed by atoms with E-state index >= 15 is 0 Å². The topological polar surface area (TPSA) is 12.5 Å². The largest absolute Gasteiger partial charge is 0.375 e. The molecule has 0 radical (unpaired) electrons. The van der Waals surface area contributed by atoms with Crippen LogP contribution in [0.4, 0.5) is 5.69 Å². The summed E-state index contributed by atoms with van der Waals surface area (Å²) in [6, 6.07) is 9.03. The van der Waals surface area contributed by atoms with Gasteiger partial charge in [0.1, 0.15) is 0 Å². The number of alkyl halides is 1. The highest BCUT2D eigenvalue weighted by molar-refractivity contribution is 9.08. The molecule has 1 saturated heterocycles. The van der Waals surface area contributed by atoms with E-state index in [0.29, 0.717) is 12.1 Å². The number of benzene rings is 1. The van der Waals surface area contributed by atoms with E-state index in [-0.39, 0.29) is 0 Å². The summed E-state index contributed by atoms with van der Waals surface area (Å²) in [6.07, 6.45) is 0.319. The third kappa shape index (κ3) is 2.41. The smallest absolute Gasteiger partial charge is 0.0723 e. The highest BCUT2D eigenvalue weighted by Crippen LogP contribution is 2.27. The second-order valence-corrected chi connectivity index (χ2v) is 4.97. The Morgan fingerprint density at radius 1 is 1.38 bits per heavy atom. The minimum atomic E-state index is 0.319. The van der Waals surface area contributed by atoms with Crippen molar-refractivity contribution in [1.82, 2.24) is 0 Å². The standard InChI is InChI=1S/C13H18BrNO/c1-10-9-16-11(2)8-15(10)13-6-4-3-5-12(13)7-14/h3-6,10-11H,7-9H2,1-2H3. The number of halogens is 1. The summed E-state index contributed by atoms with van der Waals surface area (Å²) in [7, 11) is 0. The van der Waals surface area contributed by atoms with Crippen LogP contribution in [0.1, 0.15) is 19.4 Å². The number of morpholine rings is 1. The van der Waals surface area contributed by atoms with Crippen molar-refractivity contribution in [2.24, 2.45) is 0 Å². The lowest BCUT2D eigenvalue weighted by molar-refractivity contribution is 0.0343. The maximum atomic E-state index is 5.66. The summed E-state index contributed by atoms with van der Waals surface area (Å²) < 4.78 is 5.66. The van der Waals surface area contributed by atoms with E-state index in [1.54, 1.807) is 0 Å². The van der Waals surface area contributed by atoms with Gasteiger partial charge in [-0.25, -0.2) is 0 Å². The second kappa shape index (κ2) is 5.19. The van der Waals surface area contributed by atoms with Crippen LogP contribution in [0.3, 0.4) is 0 Å². The van der Waals surface area contributed by atoms with Gasteiger partial charge in [-0.15, -0.1) is 0 Å². The quantitative estimate of drug-likeness (QED) is 0.773. The zero-order chi connectivity index (χ0) is 11.5. The predicted molar refractivity (Wildman–Crippen MR) is 71.3 cm³/mol. The van der Waals surface area contributed by atoms with E-state index in [4.69, 9.17) is 4.74 Å². The molecule has 1 aliphatic rings. The third-order valence-corrected chi connectivity index (χ3v) is 3.66. The van der Waals surface area contributed by atoms with Gasteiger partial charge in [-0.3, -0.25) is 0 Å². The Morgan fingerprint density at radius 3 is 2.88 bits per heavy atom. The molecule has 0 saturated carbocycles. The molecule has 0 N–H and O–H groups in total. The van der Waals surface area contributed by atoms with Gasteiger partial charge < -0.3 is 9.64 Å². The van der Waals surface area contributed by atoms with Crippen LogP contribution in [0, 0.1) is 0 Å². The van der Waals surface area contributed by atoms with E-state index < -0.39 is 0 Å². The van der Waals surface area contributed by atoms with Gasteiger partial charge in [-0.05, 0) is 25.5 Å². The van der Waals surface area contributed by atoms with Gasteiger partial charge in [-0.1, -0.05) is 34.1 Å². The highest BCUT2D eigenvalue weighted by atomic mass is 79.9. The molecule has 2 unspecified atom stereocenters. The van der Waals surface area contributed by atoms with Crippen molar-refractivity contribution in [3.05, 3.63) is 29.8 Å². The summed E-state index contributed by atoms with van der Waals surface area (Å²) in [6.45, 7) is 6.15. The second-order valence-electron chi connectivity index (χ2n) is 4.41. The van der Waals surface area contributed by atoms with Crippen LogP contribution in [0.25, 0.3) is 0 Å². The molecule has 0 amide bonds. The van der Waals surface area contributed by atoms with E-state index in [9.17, 15) is 0 Å². The maximum Gasteiger partial charge on any atom is 0.0723 e. The SMILES string of the molecule is CC1CN(c2ccccc2CBr)C(C)CO1. The molecule has 0 aliphatic carbocycles. The molecule has 2 rings (SSSR count). The number of hydrogen-bond acceptors (Lipinski definition) is 2. The van der Waals surface area contributed by atoms with Crippen molar-refractivity contribution in [3.8, 4) is 0 Å². The molecule has 88 valence electrons. The molecule has 3 heteroatoms. The van der Waals surface area contributed by atoms with E-state index in [1.165, 1.54) is 11.3 Å². The van der Waals surface area contributed by atoms with Crippen molar-refractivity contribution < 1.29 is 4.74 Å². The van der Waals surface area contributed by atoms with Crippen LogP contribution in [-0.2, 0) is 10.1 Å². The third-order valence-electron chi connectivity index (χ3n) is 3.05. The Kier molecular flexibility index (Phi) is 3.87. The summed E-state index contributed by atoms with van der Waals surface area (Å²) in [5.41, 5.74) is 2.69. The van der Waals surface area contributed by atoms with Crippen molar-refractivity contribution in [3.63, 3.8) is 0 Å². The van der Waals surface area contributed by atoms with Gasteiger partial charge in [0.2, 0.25) is 0 Å². The predicted octanol–water partition coefficient (Wildman–Crippen LogP) is 3.20. The van der Waals surface area contributed by atoms with E-state index in [2.05, 4.69) is 58.9 Å². The zero-order valence-electron chi connectivity index (χ0n) is 9.82. The number of nitrogens with zero attached hydrogens (tertiary/aromatic N) is 1. The molecule has 1 heterocycles. The maximum absolute atomic E-state index is 5.66. The summed E-state index contributed by atoms with van der Waals surface area (Å²) in [5, 5.41) is 0.904. The molecule has 16 heavy (non-hydrogen) atoms. The van der Waals surface area contributed by atoms with Crippen LogP contribution >= 0.6 is 15.9 Å². The van der Waals surface area contributed by atoms with Gasteiger partial charge in [0.25, 0.3) is 0 Å². The average molecular weight is 284 g/mol. The lowest BCUT2D eigenvalue weighted by Gasteiger charge is -2.39. The first-order chi connectivity index (χ1) is 7.72. The van der Waals surface area contributed by atoms with Crippen molar-refractivity contribution >= 4 is 21.6 Å². The normalized spacial score (nSPS) is 25.8. The Balaban J connectivity index is 2.27. The number of ether oxygens (including phenoxy) is 1. The van der Waals surface area contributed by atoms with E-state index in [0.717, 1.165) is 18.5 Å². The van der Waals surface area contributed by atoms with Gasteiger partial charge >= 0.3 is 0 Å². The summed E-state index contributed by atoms with van der Waals surface area (Å²) >= 11 is 3.55. The van der Waals surface area contributed by atoms with Crippen LogP contribution < -0.4 is 4.90 Å². The molecule has 0 aromatic heterocycles.